The molecule has 2 N–H and O–H groups in total. The molecule has 6 nitrogen and oxygen atoms in total. The zero-order valence-corrected chi connectivity index (χ0v) is 13.1. The Labute approximate surface area is 135 Å². The van der Waals surface area contributed by atoms with E-state index in [-0.39, 0.29) is 21.8 Å². The molecule has 2 heterocycles. The minimum absolute atomic E-state index is 0.255. The number of nitrogen functional groups attached to an aromatic ring is 1. The van der Waals surface area contributed by atoms with Gasteiger partial charge in [-0.2, -0.15) is 0 Å². The van der Waals surface area contributed by atoms with Gasteiger partial charge in [0.2, 0.25) is 0 Å². The van der Waals surface area contributed by atoms with E-state index in [0.717, 1.165) is 0 Å². The van der Waals surface area contributed by atoms with Gasteiger partial charge in [0.1, 0.15) is 11.6 Å². The van der Waals surface area contributed by atoms with Crippen molar-refractivity contribution in [3.05, 3.63) is 50.7 Å². The third-order valence-electron chi connectivity index (χ3n) is 3.20. The molecule has 2 aromatic heterocycles. The van der Waals surface area contributed by atoms with Crippen molar-refractivity contribution in [2.24, 2.45) is 0 Å². The van der Waals surface area contributed by atoms with E-state index in [9.17, 15) is 4.79 Å². The normalized spacial score (nSPS) is 11.0. The standard InChI is InChI=1S/C14H11Cl2N5O/c1-2-10-20-13-8(16)4-3-7(15)12(13)14(22)21(10)11-6-18-9(17)5-19-11/h3-6H,2H2,1H3,(H2,17,18). The Morgan fingerprint density at radius 1 is 1.18 bits per heavy atom. The summed E-state index contributed by atoms with van der Waals surface area (Å²) in [6, 6.07) is 3.19. The van der Waals surface area contributed by atoms with Crippen LogP contribution in [0.25, 0.3) is 16.7 Å². The van der Waals surface area contributed by atoms with Crippen molar-refractivity contribution in [3.8, 4) is 5.82 Å². The van der Waals surface area contributed by atoms with Gasteiger partial charge in [0, 0.05) is 6.42 Å². The first kappa shape index (κ1) is 14.7. The second-order valence-electron chi connectivity index (χ2n) is 4.57. The van der Waals surface area contributed by atoms with Crippen LogP contribution in [0.3, 0.4) is 0 Å². The number of anilines is 1. The number of hydrogen-bond donors (Lipinski definition) is 1. The van der Waals surface area contributed by atoms with Gasteiger partial charge in [0.15, 0.2) is 5.82 Å². The maximum atomic E-state index is 12.8. The molecule has 0 atom stereocenters. The molecule has 0 saturated heterocycles. The molecule has 3 rings (SSSR count). The quantitative estimate of drug-likeness (QED) is 0.777. The average molecular weight is 336 g/mol. The van der Waals surface area contributed by atoms with Crippen LogP contribution in [0, 0.1) is 0 Å². The van der Waals surface area contributed by atoms with Crippen LogP contribution in [-0.4, -0.2) is 19.5 Å². The van der Waals surface area contributed by atoms with E-state index in [1.54, 1.807) is 12.1 Å². The second kappa shape index (κ2) is 5.55. The number of aryl methyl sites for hydroxylation is 1. The van der Waals surface area contributed by atoms with Crippen molar-refractivity contribution >= 4 is 39.9 Å². The summed E-state index contributed by atoms with van der Waals surface area (Å²) in [7, 11) is 0. The summed E-state index contributed by atoms with van der Waals surface area (Å²) in [6.45, 7) is 1.88. The monoisotopic (exact) mass is 335 g/mol. The summed E-state index contributed by atoms with van der Waals surface area (Å²) in [4.78, 5) is 25.4. The topological polar surface area (TPSA) is 86.7 Å². The Balaban J connectivity index is 2.44. The molecule has 0 spiro atoms. The van der Waals surface area contributed by atoms with E-state index in [2.05, 4.69) is 15.0 Å². The van der Waals surface area contributed by atoms with Gasteiger partial charge >= 0.3 is 0 Å². The van der Waals surface area contributed by atoms with Crippen LogP contribution in [-0.2, 0) is 6.42 Å². The summed E-state index contributed by atoms with van der Waals surface area (Å²) >= 11 is 12.3. The lowest BCUT2D eigenvalue weighted by Crippen LogP contribution is -2.25. The smallest absolute Gasteiger partial charge is 0.268 e. The Morgan fingerprint density at radius 3 is 2.55 bits per heavy atom. The molecule has 0 saturated carbocycles. The van der Waals surface area contributed by atoms with Crippen LogP contribution in [0.4, 0.5) is 5.82 Å². The highest BCUT2D eigenvalue weighted by Gasteiger charge is 2.16. The minimum atomic E-state index is -0.339. The molecule has 22 heavy (non-hydrogen) atoms. The van der Waals surface area contributed by atoms with Crippen molar-refractivity contribution in [2.45, 2.75) is 13.3 Å². The summed E-state index contributed by atoms with van der Waals surface area (Å²) in [5.74, 6) is 1.12. The van der Waals surface area contributed by atoms with Crippen molar-refractivity contribution < 1.29 is 0 Å². The average Bonchev–Trinajstić information content (AvgIpc) is 2.51. The van der Waals surface area contributed by atoms with Crippen LogP contribution in [0.5, 0.6) is 0 Å². The Hall–Kier alpha value is -2.18. The lowest BCUT2D eigenvalue weighted by atomic mass is 10.2. The van der Waals surface area contributed by atoms with E-state index in [1.807, 2.05) is 6.92 Å². The van der Waals surface area contributed by atoms with Gasteiger partial charge in [-0.05, 0) is 12.1 Å². The molecule has 0 aliphatic carbocycles. The summed E-state index contributed by atoms with van der Waals surface area (Å²) in [5.41, 5.74) is 5.58. The van der Waals surface area contributed by atoms with Gasteiger partial charge < -0.3 is 5.73 Å². The SMILES string of the molecule is CCc1nc2c(Cl)ccc(Cl)c2c(=O)n1-c1cnc(N)cn1. The van der Waals surface area contributed by atoms with Crippen molar-refractivity contribution in [1.29, 1.82) is 0 Å². The van der Waals surface area contributed by atoms with E-state index in [4.69, 9.17) is 28.9 Å². The van der Waals surface area contributed by atoms with Gasteiger partial charge in [0.25, 0.3) is 5.56 Å². The first-order valence-electron chi connectivity index (χ1n) is 6.50. The highest BCUT2D eigenvalue weighted by Crippen LogP contribution is 2.26. The van der Waals surface area contributed by atoms with Gasteiger partial charge in [-0.1, -0.05) is 30.1 Å². The first-order chi connectivity index (χ1) is 10.5. The Bertz CT molecular complexity index is 921. The molecular formula is C14H11Cl2N5O. The summed E-state index contributed by atoms with van der Waals surface area (Å²) in [5, 5.41) is 0.920. The summed E-state index contributed by atoms with van der Waals surface area (Å²) in [6.07, 6.45) is 3.31. The molecule has 0 amide bonds. The molecule has 0 radical (unpaired) electrons. The molecule has 0 aliphatic rings. The number of fused-ring (bicyclic) bond motifs is 1. The van der Waals surface area contributed by atoms with Crippen LogP contribution < -0.4 is 11.3 Å². The maximum absolute atomic E-state index is 12.8. The fourth-order valence-corrected chi connectivity index (χ4v) is 2.62. The number of nitrogens with two attached hydrogens (primary N) is 1. The molecule has 3 aromatic rings. The van der Waals surface area contributed by atoms with Crippen molar-refractivity contribution in [3.63, 3.8) is 0 Å². The molecule has 0 aliphatic heterocycles. The Morgan fingerprint density at radius 2 is 1.91 bits per heavy atom. The molecule has 112 valence electrons. The van der Waals surface area contributed by atoms with E-state index >= 15 is 0 Å². The molecule has 0 bridgehead atoms. The largest absolute Gasteiger partial charge is 0.382 e. The number of halogens is 2. The number of aromatic nitrogens is 4. The van der Waals surface area contributed by atoms with Crippen LogP contribution >= 0.6 is 23.2 Å². The van der Waals surface area contributed by atoms with Gasteiger partial charge in [-0.15, -0.1) is 0 Å². The van der Waals surface area contributed by atoms with Gasteiger partial charge in [-0.3, -0.25) is 4.79 Å². The maximum Gasteiger partial charge on any atom is 0.268 e. The van der Waals surface area contributed by atoms with Crippen LogP contribution in [0.1, 0.15) is 12.7 Å². The van der Waals surface area contributed by atoms with Crippen molar-refractivity contribution in [2.75, 3.05) is 5.73 Å². The van der Waals surface area contributed by atoms with Gasteiger partial charge in [0.05, 0.1) is 33.3 Å². The van der Waals surface area contributed by atoms with Crippen LogP contribution in [0.2, 0.25) is 10.0 Å². The minimum Gasteiger partial charge on any atom is -0.382 e. The fourth-order valence-electron chi connectivity index (χ4n) is 2.18. The van der Waals surface area contributed by atoms with E-state index in [1.165, 1.54) is 17.0 Å². The van der Waals surface area contributed by atoms with Crippen molar-refractivity contribution in [1.82, 2.24) is 19.5 Å². The fraction of sp³-hybridized carbons (Fsp3) is 0.143. The molecular weight excluding hydrogens is 325 g/mol. The van der Waals surface area contributed by atoms with E-state index in [0.29, 0.717) is 28.6 Å². The lowest BCUT2D eigenvalue weighted by Gasteiger charge is -2.12. The predicted octanol–water partition coefficient (Wildman–Crippen LogP) is 2.63. The lowest BCUT2D eigenvalue weighted by molar-refractivity contribution is 0.808. The molecule has 8 heteroatoms. The molecule has 0 unspecified atom stereocenters. The predicted molar refractivity (Wildman–Crippen MR) is 86.7 cm³/mol. The highest BCUT2D eigenvalue weighted by molar-refractivity contribution is 6.39. The molecule has 1 aromatic carbocycles. The third kappa shape index (κ3) is 2.30. The third-order valence-corrected chi connectivity index (χ3v) is 3.82. The first-order valence-corrected chi connectivity index (χ1v) is 7.26. The number of benzene rings is 1. The second-order valence-corrected chi connectivity index (χ2v) is 5.39. The highest BCUT2D eigenvalue weighted by atomic mass is 35.5. The zero-order valence-electron chi connectivity index (χ0n) is 11.5. The van der Waals surface area contributed by atoms with Crippen LogP contribution in [0.15, 0.2) is 29.3 Å². The Kier molecular flexibility index (Phi) is 3.72. The van der Waals surface area contributed by atoms with E-state index < -0.39 is 0 Å². The van der Waals surface area contributed by atoms with Gasteiger partial charge in [-0.25, -0.2) is 19.5 Å². The number of hydrogen-bond acceptors (Lipinski definition) is 5. The summed E-state index contributed by atoms with van der Waals surface area (Å²) < 4.78 is 1.37. The number of rotatable bonds is 2. The number of nitrogens with zero attached hydrogens (tertiary/aromatic N) is 4. The zero-order chi connectivity index (χ0) is 15.9. The molecule has 0 fully saturated rings.